The average Bonchev–Trinajstić information content (AvgIpc) is 2.81. The summed E-state index contributed by atoms with van der Waals surface area (Å²) in [5.41, 5.74) is 2.01. The molecule has 0 N–H and O–H groups in total. The first-order valence-electron chi connectivity index (χ1n) is 10.5. The number of carbonyl (C=O) groups is 1. The molecule has 1 amide bonds. The summed E-state index contributed by atoms with van der Waals surface area (Å²) in [5.74, 6) is 0.613. The van der Waals surface area contributed by atoms with Crippen molar-refractivity contribution in [2.45, 2.75) is 31.6 Å². The highest BCUT2D eigenvalue weighted by Crippen LogP contribution is 2.28. The number of hydrogen-bond acceptors (Lipinski definition) is 5. The van der Waals surface area contributed by atoms with Gasteiger partial charge in [0, 0.05) is 16.5 Å². The Kier molecular flexibility index (Phi) is 8.47. The van der Waals surface area contributed by atoms with Crippen molar-refractivity contribution >= 4 is 44.8 Å². The highest BCUT2D eigenvalue weighted by Gasteiger charge is 2.30. The van der Waals surface area contributed by atoms with Crippen molar-refractivity contribution < 1.29 is 22.7 Å². The quantitative estimate of drug-likeness (QED) is 0.313. The zero-order valence-electron chi connectivity index (χ0n) is 19.0. The molecular formula is C25H25Cl2NO5S. The molecule has 0 aliphatic heterocycles. The molecule has 0 saturated carbocycles. The van der Waals surface area contributed by atoms with Gasteiger partial charge in [-0.05, 0) is 92.1 Å². The summed E-state index contributed by atoms with van der Waals surface area (Å²) in [6.07, 6.45) is 0.284. The minimum absolute atomic E-state index is 0.0373. The van der Waals surface area contributed by atoms with E-state index in [0.29, 0.717) is 28.0 Å². The van der Waals surface area contributed by atoms with Gasteiger partial charge in [-0.15, -0.1) is 0 Å². The van der Waals surface area contributed by atoms with Gasteiger partial charge in [-0.25, -0.2) is 12.7 Å². The van der Waals surface area contributed by atoms with Gasteiger partial charge in [0.1, 0.15) is 11.5 Å². The summed E-state index contributed by atoms with van der Waals surface area (Å²) in [5, 5.41) is 1.08. The largest absolute Gasteiger partial charge is 0.497 e. The van der Waals surface area contributed by atoms with E-state index in [1.54, 1.807) is 12.1 Å². The fraction of sp³-hybridized carbons (Fsp3) is 0.240. The summed E-state index contributed by atoms with van der Waals surface area (Å²) >= 11 is 12.1. The minimum atomic E-state index is -4.17. The van der Waals surface area contributed by atoms with Gasteiger partial charge in [0.15, 0.2) is 0 Å². The van der Waals surface area contributed by atoms with Crippen LogP contribution in [0.15, 0.2) is 65.6 Å². The molecule has 3 aromatic carbocycles. The molecule has 0 spiro atoms. The van der Waals surface area contributed by atoms with Crippen LogP contribution in [0.3, 0.4) is 0 Å². The Morgan fingerprint density at radius 3 is 2.06 bits per heavy atom. The third-order valence-corrected chi connectivity index (χ3v) is 7.71. The van der Waals surface area contributed by atoms with E-state index in [1.165, 1.54) is 43.5 Å². The third kappa shape index (κ3) is 6.03. The molecule has 0 unspecified atom stereocenters. The van der Waals surface area contributed by atoms with Gasteiger partial charge < -0.3 is 9.47 Å². The van der Waals surface area contributed by atoms with Crippen molar-refractivity contribution in [1.82, 2.24) is 0 Å². The first-order valence-corrected chi connectivity index (χ1v) is 12.7. The zero-order valence-corrected chi connectivity index (χ0v) is 21.4. The van der Waals surface area contributed by atoms with Crippen molar-refractivity contribution in [3.63, 3.8) is 0 Å². The number of nitrogens with zero attached hydrogens (tertiary/aromatic N) is 1. The van der Waals surface area contributed by atoms with E-state index >= 15 is 0 Å². The lowest BCUT2D eigenvalue weighted by molar-refractivity contribution is -0.117. The summed E-state index contributed by atoms with van der Waals surface area (Å²) in [7, 11) is -2.66. The predicted molar refractivity (Wildman–Crippen MR) is 135 cm³/mol. The van der Waals surface area contributed by atoms with Crippen LogP contribution >= 0.6 is 23.2 Å². The maximum atomic E-state index is 13.4. The maximum Gasteiger partial charge on any atom is 0.270 e. The molecule has 180 valence electrons. The van der Waals surface area contributed by atoms with Crippen LogP contribution in [0, 0.1) is 13.8 Å². The zero-order chi connectivity index (χ0) is 24.9. The van der Waals surface area contributed by atoms with Crippen LogP contribution in [0.5, 0.6) is 11.5 Å². The SMILES string of the molecule is COc1ccc(N(C(=O)CCCOc2cc(C)c(Cl)c(C)c2)S(=O)(=O)c2ccc(Cl)cc2)cc1. The van der Waals surface area contributed by atoms with E-state index < -0.39 is 15.9 Å². The molecule has 0 saturated heterocycles. The topological polar surface area (TPSA) is 72.9 Å². The molecule has 9 heteroatoms. The van der Waals surface area contributed by atoms with Crippen LogP contribution in [0.25, 0.3) is 0 Å². The van der Waals surface area contributed by atoms with Crippen molar-refractivity contribution in [3.8, 4) is 11.5 Å². The summed E-state index contributed by atoms with van der Waals surface area (Å²) in [6.45, 7) is 4.02. The fourth-order valence-corrected chi connectivity index (χ4v) is 5.04. The maximum absolute atomic E-state index is 13.4. The Bertz CT molecular complexity index is 1240. The van der Waals surface area contributed by atoms with E-state index in [1.807, 2.05) is 26.0 Å². The van der Waals surface area contributed by atoms with Crippen LogP contribution in [-0.2, 0) is 14.8 Å². The van der Waals surface area contributed by atoms with Gasteiger partial charge in [0.2, 0.25) is 5.91 Å². The smallest absolute Gasteiger partial charge is 0.270 e. The molecule has 0 fully saturated rings. The molecule has 0 aromatic heterocycles. The second kappa shape index (κ2) is 11.1. The lowest BCUT2D eigenvalue weighted by Crippen LogP contribution is -2.37. The van der Waals surface area contributed by atoms with Gasteiger partial charge in [0.25, 0.3) is 10.0 Å². The number of carbonyl (C=O) groups excluding carboxylic acids is 1. The van der Waals surface area contributed by atoms with Crippen molar-refractivity contribution in [1.29, 1.82) is 0 Å². The molecular weight excluding hydrogens is 497 g/mol. The number of hydrogen-bond donors (Lipinski definition) is 0. The number of sulfonamides is 1. The molecule has 34 heavy (non-hydrogen) atoms. The number of ether oxygens (including phenoxy) is 2. The van der Waals surface area contributed by atoms with Crippen LogP contribution in [0.4, 0.5) is 5.69 Å². The Morgan fingerprint density at radius 1 is 0.912 bits per heavy atom. The van der Waals surface area contributed by atoms with Gasteiger partial charge in [-0.2, -0.15) is 0 Å². The highest BCUT2D eigenvalue weighted by atomic mass is 35.5. The second-order valence-corrected chi connectivity index (χ2v) is 10.2. The van der Waals surface area contributed by atoms with E-state index in [9.17, 15) is 13.2 Å². The minimum Gasteiger partial charge on any atom is -0.497 e. The predicted octanol–water partition coefficient (Wildman–Crippen LogP) is 6.20. The van der Waals surface area contributed by atoms with E-state index in [2.05, 4.69) is 0 Å². The molecule has 0 radical (unpaired) electrons. The fourth-order valence-electron chi connectivity index (χ4n) is 3.35. The summed E-state index contributed by atoms with van der Waals surface area (Å²) < 4.78 is 38.5. The first kappa shape index (κ1) is 25.9. The molecule has 0 aliphatic carbocycles. The average molecular weight is 522 g/mol. The van der Waals surface area contributed by atoms with Crippen LogP contribution in [-0.4, -0.2) is 28.0 Å². The third-order valence-electron chi connectivity index (χ3n) is 5.10. The molecule has 0 heterocycles. The molecule has 0 atom stereocenters. The molecule has 0 aliphatic rings. The molecule has 3 rings (SSSR count). The number of anilines is 1. The van der Waals surface area contributed by atoms with E-state index in [4.69, 9.17) is 32.7 Å². The highest BCUT2D eigenvalue weighted by molar-refractivity contribution is 7.93. The number of aryl methyl sites for hydroxylation is 2. The van der Waals surface area contributed by atoms with E-state index in [0.717, 1.165) is 15.4 Å². The number of amides is 1. The Labute approximate surface area is 210 Å². The van der Waals surface area contributed by atoms with Crippen LogP contribution in [0.1, 0.15) is 24.0 Å². The van der Waals surface area contributed by atoms with Gasteiger partial charge >= 0.3 is 0 Å². The number of methoxy groups -OCH3 is 1. The Hall–Kier alpha value is -2.74. The van der Waals surface area contributed by atoms with Crippen LogP contribution in [0.2, 0.25) is 10.0 Å². The van der Waals surface area contributed by atoms with Gasteiger partial charge in [-0.1, -0.05) is 23.2 Å². The molecule has 3 aromatic rings. The summed E-state index contributed by atoms with van der Waals surface area (Å²) in [6, 6.07) is 15.6. The van der Waals surface area contributed by atoms with Gasteiger partial charge in [-0.3, -0.25) is 4.79 Å². The monoisotopic (exact) mass is 521 g/mol. The Morgan fingerprint density at radius 2 is 1.50 bits per heavy atom. The van der Waals surface area contributed by atoms with Crippen molar-refractivity contribution in [3.05, 3.63) is 81.8 Å². The van der Waals surface area contributed by atoms with E-state index in [-0.39, 0.29) is 23.6 Å². The standard InChI is InChI=1S/C25H25Cl2NO5S/c1-17-15-22(16-18(2)25(17)27)33-14-4-5-24(29)28(20-8-10-21(32-3)11-9-20)34(30,31)23-12-6-19(26)7-13-23/h6-13,15-16H,4-5,14H2,1-3H3. The lowest BCUT2D eigenvalue weighted by atomic mass is 10.1. The first-order chi connectivity index (χ1) is 16.1. The number of halogens is 2. The lowest BCUT2D eigenvalue weighted by Gasteiger charge is -2.23. The normalized spacial score (nSPS) is 11.2. The molecule has 0 bridgehead atoms. The van der Waals surface area contributed by atoms with Crippen molar-refractivity contribution in [2.24, 2.45) is 0 Å². The van der Waals surface area contributed by atoms with Gasteiger partial charge in [0.05, 0.1) is 24.3 Å². The number of rotatable bonds is 9. The molecule has 6 nitrogen and oxygen atoms in total. The number of benzene rings is 3. The second-order valence-electron chi connectivity index (χ2n) is 7.64. The van der Waals surface area contributed by atoms with Crippen LogP contribution < -0.4 is 13.8 Å². The van der Waals surface area contributed by atoms with Crippen molar-refractivity contribution in [2.75, 3.05) is 18.0 Å². The summed E-state index contributed by atoms with van der Waals surface area (Å²) in [4.78, 5) is 13.1. The Balaban J connectivity index is 1.78.